The number of halogens is 1. The number of nitrogens with zero attached hydrogens (tertiary/aromatic N) is 6. The number of Topliss-reactive ketones (excluding diaryl/α,β-unsaturated/α-hetero) is 1. The van der Waals surface area contributed by atoms with Crippen LogP contribution in [0.4, 0.5) is 11.4 Å². The summed E-state index contributed by atoms with van der Waals surface area (Å²) < 4.78 is 7.52. The number of rotatable bonds is 10. The molecule has 5 rings (SSSR count). The first-order chi connectivity index (χ1) is 20.3. The fourth-order valence-corrected chi connectivity index (χ4v) is 5.18. The van der Waals surface area contributed by atoms with E-state index >= 15 is 0 Å². The molecule has 1 aliphatic heterocycles. The van der Waals surface area contributed by atoms with Crippen LogP contribution in [0.3, 0.4) is 0 Å². The molecular weight excluding hydrogens is 548 g/mol. The molecular formula is C33H31ClN6O2. The Morgan fingerprint density at radius 2 is 1.83 bits per heavy atom. The number of hydrogen-bond acceptors (Lipinski definition) is 7. The maximum atomic E-state index is 12.9. The van der Waals surface area contributed by atoms with Gasteiger partial charge in [-0.15, -0.1) is 0 Å². The Bertz CT molecular complexity index is 1750. The quantitative estimate of drug-likeness (QED) is 0.206. The van der Waals surface area contributed by atoms with Gasteiger partial charge in [-0.3, -0.25) is 4.79 Å². The Balaban J connectivity index is 1.49. The number of benzene rings is 3. The molecule has 0 atom stereocenters. The molecule has 9 heteroatoms. The van der Waals surface area contributed by atoms with Gasteiger partial charge in [-0.25, -0.2) is 14.7 Å². The van der Waals surface area contributed by atoms with E-state index in [1.807, 2.05) is 68.4 Å². The second-order valence-corrected chi connectivity index (χ2v) is 10.5. The summed E-state index contributed by atoms with van der Waals surface area (Å²) in [6.07, 6.45) is 0.391. The molecule has 212 valence electrons. The fourth-order valence-electron chi connectivity index (χ4n) is 4.95. The summed E-state index contributed by atoms with van der Waals surface area (Å²) in [6.45, 7) is 9.00. The predicted octanol–water partition coefficient (Wildman–Crippen LogP) is 6.75. The molecule has 1 aromatic heterocycles. The minimum atomic E-state index is -0.158. The van der Waals surface area contributed by atoms with E-state index in [-0.39, 0.29) is 5.78 Å². The molecule has 0 unspecified atom stereocenters. The van der Waals surface area contributed by atoms with Gasteiger partial charge in [-0.05, 0) is 62.7 Å². The van der Waals surface area contributed by atoms with Crippen molar-refractivity contribution in [2.75, 3.05) is 24.6 Å². The molecule has 0 saturated carbocycles. The number of ketones is 1. The maximum Gasteiger partial charge on any atom is 0.182 e. The van der Waals surface area contributed by atoms with Gasteiger partial charge >= 0.3 is 0 Å². The molecule has 2 heterocycles. The third kappa shape index (κ3) is 5.97. The monoisotopic (exact) mass is 578 g/mol. The lowest BCUT2D eigenvalue weighted by Gasteiger charge is -2.24. The number of ether oxygens (including phenoxy) is 1. The average Bonchev–Trinajstić information content (AvgIpc) is 3.47. The number of aliphatic imine (C=N–C) groups is 1. The lowest BCUT2D eigenvalue weighted by molar-refractivity contribution is -0.112. The molecule has 3 aromatic carbocycles. The normalized spacial score (nSPS) is 13.3. The van der Waals surface area contributed by atoms with Crippen molar-refractivity contribution in [3.63, 3.8) is 0 Å². The first-order valence-corrected chi connectivity index (χ1v) is 14.1. The molecule has 0 aliphatic carbocycles. The molecule has 0 amide bonds. The second kappa shape index (κ2) is 12.4. The van der Waals surface area contributed by atoms with Gasteiger partial charge in [-0.2, -0.15) is 10.4 Å². The van der Waals surface area contributed by atoms with E-state index in [2.05, 4.69) is 27.1 Å². The number of nitriles is 1. The highest BCUT2D eigenvalue weighted by molar-refractivity contribution is 6.48. The highest BCUT2D eigenvalue weighted by atomic mass is 35.5. The molecule has 0 N–H and O–H groups in total. The van der Waals surface area contributed by atoms with Crippen LogP contribution in [0.15, 0.2) is 71.7 Å². The molecule has 8 nitrogen and oxygen atoms in total. The van der Waals surface area contributed by atoms with Crippen LogP contribution in [-0.4, -0.2) is 46.0 Å². The SMILES string of the molecule is CC(=O)C1=C(c2ccccc2Cl)C(=Nc2ccc(N(CCC#N)CCOc3ccc(C)cc3)cc2C)c2nc(C)nn21. The van der Waals surface area contributed by atoms with E-state index < -0.39 is 0 Å². The molecule has 0 saturated heterocycles. The fraction of sp³-hybridized carbons (Fsp3) is 0.242. The van der Waals surface area contributed by atoms with Crippen LogP contribution in [0.2, 0.25) is 5.02 Å². The van der Waals surface area contributed by atoms with Crippen LogP contribution >= 0.6 is 11.6 Å². The molecule has 1 aliphatic rings. The third-order valence-electron chi connectivity index (χ3n) is 7.01. The van der Waals surface area contributed by atoms with Crippen LogP contribution in [0.5, 0.6) is 5.75 Å². The zero-order valence-corrected chi connectivity index (χ0v) is 24.8. The highest BCUT2D eigenvalue weighted by Crippen LogP contribution is 2.38. The van der Waals surface area contributed by atoms with Crippen molar-refractivity contribution in [3.8, 4) is 11.8 Å². The number of carbonyl (C=O) groups is 1. The summed E-state index contributed by atoms with van der Waals surface area (Å²) in [4.78, 5) is 24.7. The minimum absolute atomic E-state index is 0.158. The van der Waals surface area contributed by atoms with Gasteiger partial charge in [0.05, 0.1) is 24.7 Å². The average molecular weight is 579 g/mol. The third-order valence-corrected chi connectivity index (χ3v) is 7.34. The van der Waals surface area contributed by atoms with E-state index in [1.165, 1.54) is 12.5 Å². The first-order valence-electron chi connectivity index (χ1n) is 13.7. The van der Waals surface area contributed by atoms with E-state index in [0.29, 0.717) is 65.3 Å². The molecule has 0 spiro atoms. The lowest BCUT2D eigenvalue weighted by atomic mass is 9.99. The van der Waals surface area contributed by atoms with Crippen molar-refractivity contribution in [1.82, 2.24) is 14.8 Å². The van der Waals surface area contributed by atoms with Gasteiger partial charge in [0.2, 0.25) is 0 Å². The van der Waals surface area contributed by atoms with Crippen LogP contribution < -0.4 is 9.64 Å². The van der Waals surface area contributed by atoms with Crippen molar-refractivity contribution in [2.45, 2.75) is 34.1 Å². The Morgan fingerprint density at radius 1 is 1.07 bits per heavy atom. The molecule has 0 radical (unpaired) electrons. The number of allylic oxidation sites excluding steroid dienone is 2. The number of hydrogen-bond donors (Lipinski definition) is 0. The smallest absolute Gasteiger partial charge is 0.182 e. The Kier molecular flexibility index (Phi) is 8.51. The van der Waals surface area contributed by atoms with Gasteiger partial charge in [0.1, 0.15) is 29.6 Å². The van der Waals surface area contributed by atoms with Crippen molar-refractivity contribution in [3.05, 3.63) is 100 Å². The van der Waals surface area contributed by atoms with Crippen LogP contribution in [0.25, 0.3) is 11.3 Å². The Hall–Kier alpha value is -4.74. The molecule has 4 aromatic rings. The zero-order chi connectivity index (χ0) is 29.8. The van der Waals surface area contributed by atoms with Gasteiger partial charge in [0, 0.05) is 35.3 Å². The van der Waals surface area contributed by atoms with E-state index in [9.17, 15) is 10.1 Å². The number of aromatic nitrogens is 3. The Morgan fingerprint density at radius 3 is 2.52 bits per heavy atom. The van der Waals surface area contributed by atoms with Crippen LogP contribution in [0, 0.1) is 32.1 Å². The minimum Gasteiger partial charge on any atom is -0.492 e. The summed E-state index contributed by atoms with van der Waals surface area (Å²) in [5.41, 5.74) is 6.04. The largest absolute Gasteiger partial charge is 0.492 e. The highest BCUT2D eigenvalue weighted by Gasteiger charge is 2.35. The molecule has 42 heavy (non-hydrogen) atoms. The molecule has 0 bridgehead atoms. The van der Waals surface area contributed by atoms with E-state index in [1.54, 1.807) is 17.7 Å². The van der Waals surface area contributed by atoms with Crippen LogP contribution in [-0.2, 0) is 4.79 Å². The van der Waals surface area contributed by atoms with Gasteiger partial charge in [-0.1, -0.05) is 47.5 Å². The zero-order valence-electron chi connectivity index (χ0n) is 24.1. The number of carbonyl (C=O) groups excluding carboxylic acids is 1. The van der Waals surface area contributed by atoms with Gasteiger partial charge < -0.3 is 9.64 Å². The summed E-state index contributed by atoms with van der Waals surface area (Å²) in [7, 11) is 0. The van der Waals surface area contributed by atoms with Crippen molar-refractivity contribution in [1.29, 1.82) is 5.26 Å². The number of anilines is 1. The standard InChI is InChI=1S/C33H31ClN6O2/c1-21-10-13-26(14-11-21)42-19-18-39(17-7-16-35)25-12-15-29(22(2)20-25)37-31-30(27-8-5-6-9-28(27)34)32(23(3)41)40-33(31)36-24(4)38-40/h5-6,8-15,20H,7,17-19H2,1-4H3. The van der Waals surface area contributed by atoms with Gasteiger partial charge in [0.25, 0.3) is 0 Å². The lowest BCUT2D eigenvalue weighted by Crippen LogP contribution is -2.29. The van der Waals surface area contributed by atoms with Gasteiger partial charge in [0.15, 0.2) is 11.6 Å². The van der Waals surface area contributed by atoms with Crippen molar-refractivity contribution < 1.29 is 9.53 Å². The summed E-state index contributed by atoms with van der Waals surface area (Å²) in [5.74, 6) is 1.70. The summed E-state index contributed by atoms with van der Waals surface area (Å²) >= 11 is 6.61. The van der Waals surface area contributed by atoms with E-state index in [4.69, 9.17) is 21.3 Å². The van der Waals surface area contributed by atoms with E-state index in [0.717, 1.165) is 22.7 Å². The molecule has 0 fully saturated rings. The second-order valence-electron chi connectivity index (χ2n) is 10.1. The topological polar surface area (TPSA) is 96.4 Å². The first kappa shape index (κ1) is 28.8. The maximum absolute atomic E-state index is 12.9. The summed E-state index contributed by atoms with van der Waals surface area (Å²) in [6, 6.07) is 23.6. The van der Waals surface area contributed by atoms with Crippen molar-refractivity contribution in [2.24, 2.45) is 4.99 Å². The number of fused-ring (bicyclic) bond motifs is 1. The van der Waals surface area contributed by atoms with Crippen molar-refractivity contribution >= 4 is 45.7 Å². The number of aryl methyl sites for hydroxylation is 3. The summed E-state index contributed by atoms with van der Waals surface area (Å²) in [5, 5.41) is 14.3. The van der Waals surface area contributed by atoms with Crippen LogP contribution in [0.1, 0.15) is 41.7 Å². The Labute approximate surface area is 250 Å². The predicted molar refractivity (Wildman–Crippen MR) is 166 cm³/mol.